The minimum atomic E-state index is -4.67. The highest BCUT2D eigenvalue weighted by atomic mass is 32.1. The molecule has 1 aromatic carbocycles. The summed E-state index contributed by atoms with van der Waals surface area (Å²) in [6, 6.07) is 6.04. The summed E-state index contributed by atoms with van der Waals surface area (Å²) in [4.78, 5) is 34.7. The molecule has 2 heterocycles. The molecular weight excluding hydrogens is 408 g/mol. The quantitative estimate of drug-likeness (QED) is 0.439. The van der Waals surface area contributed by atoms with Gasteiger partial charge in [0.1, 0.15) is 10.6 Å². The zero-order chi connectivity index (χ0) is 20.0. The second-order valence-electron chi connectivity index (χ2n) is 5.32. The fourth-order valence-corrected chi connectivity index (χ4v) is 3.52. The van der Waals surface area contributed by atoms with Gasteiger partial charge in [-0.15, -0.1) is 0 Å². The summed E-state index contributed by atoms with van der Waals surface area (Å²) in [5.41, 5.74) is 3.62. The number of nitrogens with two attached hydrogens (primary N) is 1. The van der Waals surface area contributed by atoms with Gasteiger partial charge in [-0.3, -0.25) is 9.36 Å². The first-order valence-corrected chi connectivity index (χ1v) is 9.54. The van der Waals surface area contributed by atoms with Crippen LogP contribution < -0.4 is 11.2 Å². The Hall–Kier alpha value is -2.46. The Labute approximate surface area is 153 Å². The van der Waals surface area contributed by atoms with E-state index in [0.717, 1.165) is 29.5 Å². The van der Waals surface area contributed by atoms with Crippen LogP contribution in [-0.2, 0) is 10.7 Å². The number of halogens is 3. The van der Waals surface area contributed by atoms with Gasteiger partial charge in [-0.05, 0) is 24.3 Å². The van der Waals surface area contributed by atoms with Crippen molar-refractivity contribution >= 4 is 35.3 Å². The van der Waals surface area contributed by atoms with E-state index in [1.807, 2.05) is 0 Å². The molecule has 0 saturated carbocycles. The Bertz CT molecular complexity index is 1070. The predicted octanol–water partition coefficient (Wildman–Crippen LogP) is 3.04. The lowest BCUT2D eigenvalue weighted by molar-refractivity contribution is -0.137. The van der Waals surface area contributed by atoms with Gasteiger partial charge >= 0.3 is 13.8 Å². The maximum Gasteiger partial charge on any atom is 0.416 e. The van der Waals surface area contributed by atoms with Crippen LogP contribution in [0.15, 0.2) is 40.8 Å². The lowest BCUT2D eigenvalue weighted by atomic mass is 10.0. The number of alkyl halides is 3. The smallest absolute Gasteiger partial charge is 0.416 e. The molecule has 12 heteroatoms. The molecule has 3 aromatic rings. The molecule has 27 heavy (non-hydrogen) atoms. The molecule has 0 saturated heterocycles. The molecule has 142 valence electrons. The first-order valence-electron chi connectivity index (χ1n) is 7.11. The van der Waals surface area contributed by atoms with E-state index >= 15 is 0 Å². The molecular formula is C15H10F3N2O5PS. The second kappa shape index (κ2) is 6.61. The third kappa shape index (κ3) is 3.96. The van der Waals surface area contributed by atoms with Crippen LogP contribution in [0.4, 0.5) is 18.3 Å². The van der Waals surface area contributed by atoms with Crippen molar-refractivity contribution in [3.63, 3.8) is 0 Å². The Balaban J connectivity index is 2.05. The number of nitrogens with zero attached hydrogens (tertiary/aromatic N) is 1. The number of nitrogen functional groups attached to an aromatic ring is 1. The lowest BCUT2D eigenvalue weighted by Gasteiger charge is -2.08. The van der Waals surface area contributed by atoms with Crippen LogP contribution in [-0.4, -0.2) is 20.6 Å². The van der Waals surface area contributed by atoms with Gasteiger partial charge in [-0.1, -0.05) is 23.5 Å². The largest absolute Gasteiger partial charge is 0.446 e. The molecule has 0 fully saturated rings. The topological polar surface area (TPSA) is 127 Å². The van der Waals surface area contributed by atoms with Crippen molar-refractivity contribution < 1.29 is 36.7 Å². The number of carbonyl (C=O) groups is 1. The van der Waals surface area contributed by atoms with E-state index < -0.39 is 30.6 Å². The molecule has 0 spiro atoms. The first-order chi connectivity index (χ1) is 12.5. The molecule has 7 nitrogen and oxygen atoms in total. The van der Waals surface area contributed by atoms with Crippen LogP contribution in [0, 0.1) is 0 Å². The Morgan fingerprint density at radius 3 is 2.52 bits per heavy atom. The number of benzene rings is 1. The van der Waals surface area contributed by atoms with Crippen LogP contribution in [0.3, 0.4) is 0 Å². The number of furan rings is 1. The number of ketones is 1. The fourth-order valence-electron chi connectivity index (χ4n) is 2.24. The Kier molecular flexibility index (Phi) is 4.73. The average Bonchev–Trinajstić information content (AvgIpc) is 3.19. The molecule has 0 bridgehead atoms. The molecule has 2 aromatic heterocycles. The maximum atomic E-state index is 12.9. The van der Waals surface area contributed by atoms with Crippen molar-refractivity contribution in [1.29, 1.82) is 0 Å². The van der Waals surface area contributed by atoms with Crippen LogP contribution in [0.2, 0.25) is 0 Å². The van der Waals surface area contributed by atoms with Gasteiger partial charge < -0.3 is 19.9 Å². The molecule has 0 aliphatic heterocycles. The summed E-state index contributed by atoms with van der Waals surface area (Å²) in [7, 11) is -4.67. The standard InChI is InChI=1S/C15H10F3N2O5PS/c16-15(17,18)8-3-1-2-7(6-8)12(21)13-11(20-14(19)27-13)9-4-5-10(25-9)26(22,23)24/h1-6H,(H2,19,20)(H2,22,23,24). The third-order valence-electron chi connectivity index (χ3n) is 3.41. The minimum Gasteiger partial charge on any atom is -0.446 e. The third-order valence-corrected chi connectivity index (χ3v) is 5.11. The zero-order valence-electron chi connectivity index (χ0n) is 13.1. The van der Waals surface area contributed by atoms with E-state index in [0.29, 0.717) is 6.07 Å². The van der Waals surface area contributed by atoms with Crippen LogP contribution in [0.5, 0.6) is 0 Å². The minimum absolute atomic E-state index is 0.0607. The van der Waals surface area contributed by atoms with Gasteiger partial charge in [-0.2, -0.15) is 13.2 Å². The number of rotatable bonds is 4. The summed E-state index contributed by atoms with van der Waals surface area (Å²) in [5.74, 6) is -0.920. The maximum absolute atomic E-state index is 12.9. The molecule has 0 aliphatic carbocycles. The van der Waals surface area contributed by atoms with Crippen molar-refractivity contribution in [3.05, 3.63) is 52.4 Å². The van der Waals surface area contributed by atoms with E-state index in [9.17, 15) is 22.5 Å². The number of aromatic nitrogens is 1. The molecule has 4 N–H and O–H groups in total. The zero-order valence-corrected chi connectivity index (χ0v) is 14.8. The van der Waals surface area contributed by atoms with Gasteiger partial charge in [0.05, 0.1) is 5.56 Å². The molecule has 0 amide bonds. The van der Waals surface area contributed by atoms with Crippen LogP contribution in [0.1, 0.15) is 20.8 Å². The summed E-state index contributed by atoms with van der Waals surface area (Å²) in [6.45, 7) is 0. The van der Waals surface area contributed by atoms with Crippen molar-refractivity contribution in [2.45, 2.75) is 6.18 Å². The van der Waals surface area contributed by atoms with Crippen molar-refractivity contribution in [2.24, 2.45) is 0 Å². The normalized spacial score (nSPS) is 12.3. The first kappa shape index (κ1) is 19.3. The van der Waals surface area contributed by atoms with Crippen molar-refractivity contribution in [2.75, 3.05) is 5.73 Å². The number of carbonyl (C=O) groups excluding carboxylic acids is 1. The number of thiazole rings is 1. The highest BCUT2D eigenvalue weighted by molar-refractivity contribution is 7.59. The van der Waals surface area contributed by atoms with Crippen molar-refractivity contribution in [1.82, 2.24) is 4.98 Å². The monoisotopic (exact) mass is 418 g/mol. The van der Waals surface area contributed by atoms with Gasteiger partial charge in [0.15, 0.2) is 10.9 Å². The van der Waals surface area contributed by atoms with E-state index in [1.165, 1.54) is 12.1 Å². The van der Waals surface area contributed by atoms with E-state index in [1.54, 1.807) is 0 Å². The molecule has 0 radical (unpaired) electrons. The van der Waals surface area contributed by atoms with E-state index in [-0.39, 0.29) is 27.0 Å². The highest BCUT2D eigenvalue weighted by Gasteiger charge is 2.32. The average molecular weight is 418 g/mol. The SMILES string of the molecule is Nc1nc(-c2ccc(P(=O)(O)O)o2)c(C(=O)c2cccc(C(F)(F)F)c2)s1. The fraction of sp³-hybridized carbons (Fsp3) is 0.0667. The van der Waals surface area contributed by atoms with Crippen molar-refractivity contribution in [3.8, 4) is 11.5 Å². The van der Waals surface area contributed by atoms with E-state index in [4.69, 9.17) is 19.9 Å². The molecule has 0 aliphatic rings. The molecule has 0 atom stereocenters. The second-order valence-corrected chi connectivity index (χ2v) is 7.88. The van der Waals surface area contributed by atoms with Crippen LogP contribution in [0.25, 0.3) is 11.5 Å². The number of hydrogen-bond donors (Lipinski definition) is 3. The van der Waals surface area contributed by atoms with E-state index in [2.05, 4.69) is 4.98 Å². The van der Waals surface area contributed by atoms with Crippen LogP contribution >= 0.6 is 18.9 Å². The Morgan fingerprint density at radius 1 is 1.22 bits per heavy atom. The summed E-state index contributed by atoms with van der Waals surface area (Å²) >= 11 is 0.724. The number of anilines is 1. The lowest BCUT2D eigenvalue weighted by Crippen LogP contribution is -2.08. The van der Waals surface area contributed by atoms with Gasteiger partial charge in [0.2, 0.25) is 11.3 Å². The number of hydrogen-bond acceptors (Lipinski definition) is 6. The van der Waals surface area contributed by atoms with Gasteiger partial charge in [0.25, 0.3) is 0 Å². The summed E-state index contributed by atoms with van der Waals surface area (Å²) < 4.78 is 54.9. The molecule has 3 rings (SSSR count). The molecule has 0 unspecified atom stereocenters. The Morgan fingerprint density at radius 2 is 1.93 bits per heavy atom. The summed E-state index contributed by atoms with van der Waals surface area (Å²) in [6.07, 6.45) is -4.62. The van der Waals surface area contributed by atoms with Gasteiger partial charge in [0, 0.05) is 5.56 Å². The summed E-state index contributed by atoms with van der Waals surface area (Å²) in [5, 5.41) is -0.0607. The predicted molar refractivity (Wildman–Crippen MR) is 90.8 cm³/mol. The highest BCUT2D eigenvalue weighted by Crippen LogP contribution is 2.38. The van der Waals surface area contributed by atoms with Gasteiger partial charge in [-0.25, -0.2) is 4.98 Å².